The molecule has 0 saturated carbocycles. The van der Waals surface area contributed by atoms with Crippen LogP contribution in [0.5, 0.6) is 5.75 Å². The monoisotopic (exact) mass is 498 g/mol. The van der Waals surface area contributed by atoms with Gasteiger partial charge in [-0.3, -0.25) is 9.69 Å². The summed E-state index contributed by atoms with van der Waals surface area (Å²) in [4.78, 5) is 36.3. The zero-order valence-electron chi connectivity index (χ0n) is 16.7. The minimum atomic E-state index is -1.21. The van der Waals surface area contributed by atoms with Crippen LogP contribution < -0.4 is 10.1 Å². The molecule has 0 spiro atoms. The van der Waals surface area contributed by atoms with Crippen molar-refractivity contribution < 1.29 is 29.3 Å². The molecule has 2 amide bonds. The van der Waals surface area contributed by atoms with Gasteiger partial charge in [-0.2, -0.15) is 0 Å². The van der Waals surface area contributed by atoms with Crippen molar-refractivity contribution in [1.29, 1.82) is 0 Å². The van der Waals surface area contributed by atoms with Gasteiger partial charge >= 0.3 is 12.1 Å². The lowest BCUT2D eigenvalue weighted by Crippen LogP contribution is -2.52. The molecule has 2 aromatic carbocycles. The summed E-state index contributed by atoms with van der Waals surface area (Å²) in [7, 11) is 0. The number of carbonyl (C=O) groups excluding carboxylic acids is 1. The molecule has 0 aromatic heterocycles. The molecule has 1 aliphatic rings. The Morgan fingerprint density at radius 1 is 1.12 bits per heavy atom. The van der Waals surface area contributed by atoms with Crippen molar-refractivity contribution in [2.45, 2.75) is 25.1 Å². The highest BCUT2D eigenvalue weighted by molar-refractivity contribution is 7.99. The van der Waals surface area contributed by atoms with Crippen LogP contribution in [-0.4, -0.2) is 56.8 Å². The largest absolute Gasteiger partial charge is 0.489 e. The zero-order chi connectivity index (χ0) is 23.3. The van der Waals surface area contributed by atoms with Gasteiger partial charge in [0.15, 0.2) is 0 Å². The van der Waals surface area contributed by atoms with Gasteiger partial charge in [-0.1, -0.05) is 41.4 Å². The van der Waals surface area contributed by atoms with Crippen LogP contribution in [0.25, 0.3) is 0 Å². The van der Waals surface area contributed by atoms with E-state index in [0.29, 0.717) is 26.9 Å². The standard InChI is InChI=1S/C21H20Cl2N2O6S/c22-15-2-1-3-16(23)14(15)9-31-13-6-4-12(5-7-13)8-17(20(27)28)24-19(26)18-10-32-11-25(18)21(29)30/h1-7,17-18H,8-11H2,(H,24,26)(H,27,28)(H,29,30)/t17-,18+/m0/s1. The number of thioether (sulfide) groups is 1. The minimum absolute atomic E-state index is 0.0324. The van der Waals surface area contributed by atoms with E-state index in [4.69, 9.17) is 27.9 Å². The van der Waals surface area contributed by atoms with E-state index >= 15 is 0 Å². The summed E-state index contributed by atoms with van der Waals surface area (Å²) in [6.07, 6.45) is -1.18. The zero-order valence-corrected chi connectivity index (χ0v) is 19.0. The first-order chi connectivity index (χ1) is 15.3. The van der Waals surface area contributed by atoms with Crippen molar-refractivity contribution >= 4 is 52.9 Å². The maximum Gasteiger partial charge on any atom is 0.408 e. The van der Waals surface area contributed by atoms with Crippen LogP contribution in [0, 0.1) is 0 Å². The van der Waals surface area contributed by atoms with Crippen molar-refractivity contribution in [3.63, 3.8) is 0 Å². The van der Waals surface area contributed by atoms with E-state index in [1.807, 2.05) is 0 Å². The van der Waals surface area contributed by atoms with Gasteiger partial charge in [-0.05, 0) is 29.8 Å². The quantitative estimate of drug-likeness (QED) is 0.507. The summed E-state index contributed by atoms with van der Waals surface area (Å²) in [5, 5.41) is 22.1. The fraction of sp³-hybridized carbons (Fsp3) is 0.286. The van der Waals surface area contributed by atoms with Gasteiger partial charge in [0.1, 0.15) is 24.4 Å². The molecule has 1 saturated heterocycles. The Balaban J connectivity index is 1.60. The number of carboxylic acid groups (broad SMARTS) is 2. The van der Waals surface area contributed by atoms with Crippen LogP contribution in [0.1, 0.15) is 11.1 Å². The number of nitrogens with one attached hydrogen (secondary N) is 1. The molecule has 1 heterocycles. The fourth-order valence-corrected chi connectivity index (χ4v) is 4.75. The van der Waals surface area contributed by atoms with Gasteiger partial charge < -0.3 is 20.3 Å². The SMILES string of the molecule is O=C(O)[C@H](Cc1ccc(OCc2c(Cl)cccc2Cl)cc1)NC(=O)[C@H]1CSCN1C(=O)O. The highest BCUT2D eigenvalue weighted by Crippen LogP contribution is 2.26. The Hall–Kier alpha value is -2.62. The van der Waals surface area contributed by atoms with Gasteiger partial charge in [0, 0.05) is 27.8 Å². The van der Waals surface area contributed by atoms with E-state index in [2.05, 4.69) is 5.32 Å². The lowest BCUT2D eigenvalue weighted by Gasteiger charge is -2.22. The van der Waals surface area contributed by atoms with Gasteiger partial charge in [0.05, 0.1) is 5.88 Å². The van der Waals surface area contributed by atoms with Gasteiger partial charge in [-0.25, -0.2) is 9.59 Å². The van der Waals surface area contributed by atoms with Crippen LogP contribution in [0.4, 0.5) is 4.79 Å². The summed E-state index contributed by atoms with van der Waals surface area (Å²) < 4.78 is 5.71. The molecule has 32 heavy (non-hydrogen) atoms. The maximum absolute atomic E-state index is 12.5. The second-order valence-electron chi connectivity index (χ2n) is 7.00. The third kappa shape index (κ3) is 5.99. The van der Waals surface area contributed by atoms with E-state index in [0.717, 1.165) is 4.90 Å². The van der Waals surface area contributed by atoms with Gasteiger partial charge in [-0.15, -0.1) is 11.8 Å². The summed E-state index contributed by atoms with van der Waals surface area (Å²) in [5.74, 6) is -0.834. The number of nitrogens with zero attached hydrogens (tertiary/aromatic N) is 1. The highest BCUT2D eigenvalue weighted by Gasteiger charge is 2.36. The molecular weight excluding hydrogens is 479 g/mol. The number of rotatable bonds is 8. The Bertz CT molecular complexity index is 984. The summed E-state index contributed by atoms with van der Waals surface area (Å²) >= 11 is 13.6. The molecule has 11 heteroatoms. The number of carbonyl (C=O) groups is 3. The first kappa shape index (κ1) is 24.0. The van der Waals surface area contributed by atoms with Crippen LogP contribution >= 0.6 is 35.0 Å². The summed E-state index contributed by atoms with van der Waals surface area (Å²) in [6, 6.07) is 9.82. The number of hydrogen-bond donors (Lipinski definition) is 3. The first-order valence-electron chi connectivity index (χ1n) is 9.51. The predicted octanol–water partition coefficient (Wildman–Crippen LogP) is 3.74. The van der Waals surface area contributed by atoms with E-state index in [1.165, 1.54) is 11.8 Å². The van der Waals surface area contributed by atoms with E-state index < -0.39 is 30.1 Å². The Labute approximate surface area is 198 Å². The third-order valence-electron chi connectivity index (χ3n) is 4.85. The summed E-state index contributed by atoms with van der Waals surface area (Å²) in [6.45, 7) is 0.172. The molecule has 1 fully saturated rings. The molecule has 3 rings (SSSR count). The molecule has 0 radical (unpaired) electrons. The molecule has 1 aliphatic heterocycles. The van der Waals surface area contributed by atoms with Crippen LogP contribution in [0.2, 0.25) is 10.0 Å². The number of ether oxygens (including phenoxy) is 1. The minimum Gasteiger partial charge on any atom is -0.489 e. The van der Waals surface area contributed by atoms with Crippen molar-refractivity contribution in [3.8, 4) is 5.75 Å². The average Bonchev–Trinajstić information content (AvgIpc) is 3.24. The van der Waals surface area contributed by atoms with E-state index in [1.54, 1.807) is 42.5 Å². The molecule has 0 unspecified atom stereocenters. The van der Waals surface area contributed by atoms with Crippen molar-refractivity contribution in [2.24, 2.45) is 0 Å². The molecule has 8 nitrogen and oxygen atoms in total. The average molecular weight is 499 g/mol. The predicted molar refractivity (Wildman–Crippen MR) is 121 cm³/mol. The normalized spacial score (nSPS) is 16.4. The smallest absolute Gasteiger partial charge is 0.408 e. The van der Waals surface area contributed by atoms with Gasteiger partial charge in [0.25, 0.3) is 0 Å². The van der Waals surface area contributed by atoms with Crippen molar-refractivity contribution in [1.82, 2.24) is 10.2 Å². The lowest BCUT2D eigenvalue weighted by molar-refractivity contribution is -0.142. The molecule has 0 aliphatic carbocycles. The molecule has 170 valence electrons. The molecule has 0 bridgehead atoms. The van der Waals surface area contributed by atoms with Crippen molar-refractivity contribution in [3.05, 3.63) is 63.6 Å². The third-order valence-corrected chi connectivity index (χ3v) is 6.57. The maximum atomic E-state index is 12.5. The Morgan fingerprint density at radius 3 is 2.38 bits per heavy atom. The summed E-state index contributed by atoms with van der Waals surface area (Å²) in [5.41, 5.74) is 1.32. The second kappa shape index (κ2) is 10.8. The number of aliphatic carboxylic acids is 1. The number of hydrogen-bond acceptors (Lipinski definition) is 5. The van der Waals surface area contributed by atoms with Crippen LogP contribution in [0.3, 0.4) is 0 Å². The number of benzene rings is 2. The van der Waals surface area contributed by atoms with Crippen molar-refractivity contribution in [2.75, 3.05) is 11.6 Å². The second-order valence-corrected chi connectivity index (χ2v) is 8.82. The molecule has 3 N–H and O–H groups in total. The lowest BCUT2D eigenvalue weighted by atomic mass is 10.1. The fourth-order valence-electron chi connectivity index (χ4n) is 3.10. The Kier molecular flexibility index (Phi) is 8.11. The topological polar surface area (TPSA) is 116 Å². The first-order valence-corrected chi connectivity index (χ1v) is 11.4. The number of carboxylic acids is 1. The van der Waals surface area contributed by atoms with Gasteiger partial charge in [0.2, 0.25) is 5.91 Å². The van der Waals surface area contributed by atoms with Crippen LogP contribution in [0.15, 0.2) is 42.5 Å². The van der Waals surface area contributed by atoms with Crippen LogP contribution in [-0.2, 0) is 22.6 Å². The number of amides is 2. The van der Waals surface area contributed by atoms with E-state index in [-0.39, 0.29) is 24.7 Å². The highest BCUT2D eigenvalue weighted by atomic mass is 35.5. The molecule has 2 aromatic rings. The molecule has 2 atom stereocenters. The van der Waals surface area contributed by atoms with E-state index in [9.17, 15) is 24.6 Å². The number of halogens is 2. The Morgan fingerprint density at radius 2 is 1.78 bits per heavy atom. The molecular formula is C21H20Cl2N2O6S.